The van der Waals surface area contributed by atoms with E-state index in [9.17, 15) is 9.59 Å². The van der Waals surface area contributed by atoms with Crippen LogP contribution in [0.15, 0.2) is 36.7 Å². The summed E-state index contributed by atoms with van der Waals surface area (Å²) in [4.78, 5) is 31.7. The number of H-pyrrole nitrogens is 2. The van der Waals surface area contributed by atoms with Crippen molar-refractivity contribution in [2.45, 2.75) is 26.7 Å². The third kappa shape index (κ3) is 9.29. The number of amides is 2. The van der Waals surface area contributed by atoms with Crippen LogP contribution < -0.4 is 0 Å². The van der Waals surface area contributed by atoms with Crippen molar-refractivity contribution in [1.82, 2.24) is 17.4 Å². The highest BCUT2D eigenvalue weighted by molar-refractivity contribution is 8.30. The number of aromatic amines is 2. The fourth-order valence-corrected chi connectivity index (χ4v) is 7.09. The van der Waals surface area contributed by atoms with E-state index in [1.54, 1.807) is 7.42 Å². The first kappa shape index (κ1) is 24.5. The van der Waals surface area contributed by atoms with Gasteiger partial charge in [-0.2, -0.15) is 0 Å². The van der Waals surface area contributed by atoms with E-state index in [0.29, 0.717) is 0 Å². The minimum atomic E-state index is -0.231. The molecule has 0 aliphatic heterocycles. The maximum absolute atomic E-state index is 12.7. The van der Waals surface area contributed by atoms with Gasteiger partial charge >= 0.3 is 10.5 Å². The maximum atomic E-state index is 12.7. The molecular formula is C18H26N4O2S5. The summed E-state index contributed by atoms with van der Waals surface area (Å²) in [5, 5.41) is -0.463. The number of carbonyl (C=O) groups excluding carboxylic acids is 2. The van der Waals surface area contributed by atoms with Crippen LogP contribution in [-0.2, 0) is 12.8 Å². The second-order valence-corrected chi connectivity index (χ2v) is 11.4. The van der Waals surface area contributed by atoms with Crippen LogP contribution in [0.3, 0.4) is 0 Å². The fraction of sp³-hybridized carbons (Fsp3) is 0.444. The van der Waals surface area contributed by atoms with Crippen LogP contribution in [0.2, 0.25) is 0 Å². The average molecular weight is 491 g/mol. The summed E-state index contributed by atoms with van der Waals surface area (Å²) < 4.78 is 3.26. The zero-order valence-electron chi connectivity index (χ0n) is 16.5. The topological polar surface area (TPSA) is 72.2 Å². The Hall–Kier alpha value is -0.750. The van der Waals surface area contributed by atoms with Crippen molar-refractivity contribution in [2.24, 2.45) is 0 Å². The van der Waals surface area contributed by atoms with E-state index in [1.165, 1.54) is 47.8 Å². The van der Waals surface area contributed by atoms with Crippen LogP contribution >= 0.6 is 59.6 Å². The number of hydrogen-bond acceptors (Lipinski definition) is 7. The Morgan fingerprint density at radius 3 is 1.59 bits per heavy atom. The van der Waals surface area contributed by atoms with E-state index in [2.05, 4.69) is 9.97 Å². The maximum Gasteiger partial charge on any atom is 0.311 e. The van der Waals surface area contributed by atoms with Gasteiger partial charge in [-0.15, -0.1) is 0 Å². The summed E-state index contributed by atoms with van der Waals surface area (Å²) in [7, 11) is 0. The van der Waals surface area contributed by atoms with Crippen LogP contribution in [0.1, 0.15) is 25.2 Å². The predicted molar refractivity (Wildman–Crippen MR) is 132 cm³/mol. The quantitative estimate of drug-likeness (QED) is 0.336. The monoisotopic (exact) mass is 490 g/mol. The summed E-state index contributed by atoms with van der Waals surface area (Å²) in [5.74, 6) is 3.08. The van der Waals surface area contributed by atoms with Crippen LogP contribution in [0.4, 0.5) is 9.59 Å². The molecule has 0 bridgehead atoms. The summed E-state index contributed by atoms with van der Waals surface area (Å²) in [6.07, 6.45) is 5.48. The molecule has 0 aliphatic carbocycles. The van der Waals surface area contributed by atoms with Crippen molar-refractivity contribution >= 4 is 70.0 Å². The van der Waals surface area contributed by atoms with Crippen LogP contribution in [0.5, 0.6) is 0 Å². The van der Waals surface area contributed by atoms with Gasteiger partial charge in [-0.25, -0.2) is 7.42 Å². The van der Waals surface area contributed by atoms with Crippen molar-refractivity contribution in [1.29, 1.82) is 0 Å². The van der Waals surface area contributed by atoms with Gasteiger partial charge in [0.05, 0.1) is 0 Å². The number of aromatic nitrogens is 2. The molecule has 11 heteroatoms. The number of nitrogens with zero attached hydrogens (tertiary/aromatic N) is 2. The molecule has 2 aromatic rings. The van der Waals surface area contributed by atoms with Gasteiger partial charge in [-0.1, -0.05) is 13.8 Å². The first-order valence-electron chi connectivity index (χ1n) is 9.26. The molecular weight excluding hydrogens is 465 g/mol. The summed E-state index contributed by atoms with van der Waals surface area (Å²) in [6, 6.07) is 7.99. The summed E-state index contributed by atoms with van der Waals surface area (Å²) >= 11 is 6.54. The molecule has 29 heavy (non-hydrogen) atoms. The van der Waals surface area contributed by atoms with Gasteiger partial charge in [0.1, 0.15) is 0 Å². The number of aryl methyl sites for hydroxylation is 2. The van der Waals surface area contributed by atoms with Crippen molar-refractivity contribution < 1.29 is 9.59 Å². The number of thioether (sulfide) groups is 1. The normalized spacial score (nSPS) is 10.8. The van der Waals surface area contributed by atoms with Crippen molar-refractivity contribution in [3.8, 4) is 0 Å². The average Bonchev–Trinajstić information content (AvgIpc) is 3.40. The first-order valence-corrected chi connectivity index (χ1v) is 13.8. The minimum absolute atomic E-state index is 0.231. The van der Waals surface area contributed by atoms with E-state index >= 15 is 0 Å². The smallest absolute Gasteiger partial charge is 0.311 e. The molecule has 0 aromatic carbocycles. The lowest BCUT2D eigenvalue weighted by Crippen LogP contribution is -2.20. The Kier molecular flexibility index (Phi) is 12.1. The van der Waals surface area contributed by atoms with Gasteiger partial charge in [-0.05, 0) is 84.9 Å². The van der Waals surface area contributed by atoms with Crippen molar-refractivity contribution in [3.63, 3.8) is 0 Å². The molecule has 0 fully saturated rings. The zero-order valence-corrected chi connectivity index (χ0v) is 20.5. The standard InChI is InChI=1S/C18H26N4O2S5/c1-3-25-21(27-13-9-15-7-5-11-19-15)17(23)29-18(24)22(26-4-2)28-14-10-16-8-6-12-20-16/h5-8,11-12,19-20H,3-4,9-10,13-14H2,1-2H3. The number of nitrogens with one attached hydrogen (secondary N) is 2. The van der Waals surface area contributed by atoms with Crippen LogP contribution in [-0.4, -0.2) is 50.9 Å². The van der Waals surface area contributed by atoms with Gasteiger partial charge in [0, 0.05) is 58.6 Å². The van der Waals surface area contributed by atoms with Crippen LogP contribution in [0.25, 0.3) is 0 Å². The van der Waals surface area contributed by atoms with E-state index in [-0.39, 0.29) is 10.5 Å². The second kappa shape index (κ2) is 14.3. The van der Waals surface area contributed by atoms with Crippen molar-refractivity contribution in [2.75, 3.05) is 23.0 Å². The highest BCUT2D eigenvalue weighted by atomic mass is 32.2. The van der Waals surface area contributed by atoms with Crippen molar-refractivity contribution in [3.05, 3.63) is 48.0 Å². The second-order valence-electron chi connectivity index (χ2n) is 5.54. The molecule has 2 aromatic heterocycles. The molecule has 6 nitrogen and oxygen atoms in total. The van der Waals surface area contributed by atoms with Gasteiger partial charge in [0.25, 0.3) is 0 Å². The summed E-state index contributed by atoms with van der Waals surface area (Å²) in [5.41, 5.74) is 2.28. The number of hydrogen-bond donors (Lipinski definition) is 2. The predicted octanol–water partition coefficient (Wildman–Crippen LogP) is 6.34. The zero-order chi connectivity index (χ0) is 20.9. The third-order valence-corrected chi connectivity index (χ3v) is 8.78. The molecule has 2 amide bonds. The Morgan fingerprint density at radius 1 is 0.793 bits per heavy atom. The van der Waals surface area contributed by atoms with Gasteiger partial charge in [0.2, 0.25) is 0 Å². The fourth-order valence-electron chi connectivity index (χ4n) is 2.19. The molecule has 0 saturated carbocycles. The molecule has 0 atom stereocenters. The van der Waals surface area contributed by atoms with E-state index in [0.717, 1.165) is 59.0 Å². The lowest BCUT2D eigenvalue weighted by Gasteiger charge is -2.21. The largest absolute Gasteiger partial charge is 0.365 e. The van der Waals surface area contributed by atoms with Gasteiger partial charge < -0.3 is 9.97 Å². The molecule has 0 aliphatic rings. The highest BCUT2D eigenvalue weighted by Gasteiger charge is 2.24. The lowest BCUT2D eigenvalue weighted by molar-refractivity contribution is 0.255. The van der Waals surface area contributed by atoms with E-state index < -0.39 is 0 Å². The Morgan fingerprint density at radius 2 is 1.24 bits per heavy atom. The van der Waals surface area contributed by atoms with Gasteiger partial charge in [0.15, 0.2) is 0 Å². The molecule has 2 N–H and O–H groups in total. The Balaban J connectivity index is 1.80. The molecule has 0 unspecified atom stereocenters. The molecule has 0 radical (unpaired) electrons. The molecule has 160 valence electrons. The number of rotatable bonds is 12. The Labute approximate surface area is 194 Å². The molecule has 2 heterocycles. The van der Waals surface area contributed by atoms with E-state index in [1.807, 2.05) is 50.5 Å². The SMILES string of the molecule is CCSN(SCCc1ccc[nH]1)C(=O)SC(=O)N(SCC)SCCc1ccc[nH]1. The van der Waals surface area contributed by atoms with E-state index in [4.69, 9.17) is 0 Å². The molecule has 0 spiro atoms. The number of carbonyl (C=O) groups is 2. The first-order chi connectivity index (χ1) is 14.1. The minimum Gasteiger partial charge on any atom is -0.365 e. The molecule has 2 rings (SSSR count). The van der Waals surface area contributed by atoms with Crippen LogP contribution in [0, 0.1) is 0 Å². The van der Waals surface area contributed by atoms with Gasteiger partial charge in [-0.3, -0.25) is 9.59 Å². The lowest BCUT2D eigenvalue weighted by atomic mass is 10.3. The summed E-state index contributed by atoms with van der Waals surface area (Å²) in [6.45, 7) is 4.00. The highest BCUT2D eigenvalue weighted by Crippen LogP contribution is 2.32. The Bertz CT molecular complexity index is 652. The molecule has 0 saturated heterocycles. The third-order valence-electron chi connectivity index (χ3n) is 3.45.